The molecule has 0 saturated carbocycles. The maximum absolute atomic E-state index is 11.6. The zero-order chi connectivity index (χ0) is 23.7. The number of carboxylic acids is 1. The first-order valence-corrected chi connectivity index (χ1v) is 11.5. The van der Waals surface area contributed by atoms with Crippen molar-refractivity contribution in [2.45, 2.75) is 25.9 Å². The Bertz CT molecular complexity index is 1190. The number of fused-ring (bicyclic) bond motifs is 1. The van der Waals surface area contributed by atoms with Gasteiger partial charge in [0.05, 0.1) is 24.4 Å². The third-order valence-corrected chi connectivity index (χ3v) is 6.35. The Morgan fingerprint density at radius 1 is 1.09 bits per heavy atom. The van der Waals surface area contributed by atoms with Crippen molar-refractivity contribution in [3.8, 4) is 17.3 Å². The number of carbonyl (C=O) groups excluding carboxylic acids is 1. The van der Waals surface area contributed by atoms with Gasteiger partial charge in [0.15, 0.2) is 5.65 Å². The molecule has 2 aliphatic rings. The predicted octanol–water partition coefficient (Wildman–Crippen LogP) is 2.22. The molecular formula is C24H27N5O5. The molecule has 0 spiro atoms. The summed E-state index contributed by atoms with van der Waals surface area (Å²) in [7, 11) is 0. The number of H-pyrrole nitrogens is 1. The number of aliphatic carboxylic acids is 1. The number of pyridine rings is 1. The largest absolute Gasteiger partial charge is 0.474 e. The van der Waals surface area contributed by atoms with Gasteiger partial charge >= 0.3 is 11.9 Å². The van der Waals surface area contributed by atoms with E-state index in [-0.39, 0.29) is 6.10 Å². The van der Waals surface area contributed by atoms with E-state index in [1.807, 2.05) is 13.0 Å². The molecule has 2 saturated heterocycles. The molecule has 1 amide bonds. The van der Waals surface area contributed by atoms with E-state index in [2.05, 4.69) is 39.1 Å². The number of anilines is 1. The molecule has 34 heavy (non-hydrogen) atoms. The number of piperidine rings is 1. The normalized spacial score (nSPS) is 17.2. The Hall–Kier alpha value is -3.66. The number of carboxylic acid groups (broad SMARTS) is 1. The molecule has 0 aliphatic carbocycles. The highest BCUT2D eigenvalue weighted by molar-refractivity contribution is 6.31. The number of amides is 1. The molecule has 2 aliphatic heterocycles. The quantitative estimate of drug-likeness (QED) is 0.563. The van der Waals surface area contributed by atoms with Crippen LogP contribution in [0.15, 0.2) is 30.3 Å². The monoisotopic (exact) mass is 465 g/mol. The predicted molar refractivity (Wildman–Crippen MR) is 125 cm³/mol. The Morgan fingerprint density at radius 2 is 1.79 bits per heavy atom. The first-order valence-electron chi connectivity index (χ1n) is 11.5. The van der Waals surface area contributed by atoms with Crippen LogP contribution in [0.5, 0.6) is 6.01 Å². The summed E-state index contributed by atoms with van der Waals surface area (Å²) in [6.07, 6.45) is 0.943. The second-order valence-corrected chi connectivity index (χ2v) is 8.63. The summed E-state index contributed by atoms with van der Waals surface area (Å²) in [6, 6.07) is 10.8. The van der Waals surface area contributed by atoms with E-state index in [1.165, 1.54) is 10.6 Å². The van der Waals surface area contributed by atoms with Gasteiger partial charge in [0.2, 0.25) is 0 Å². The minimum atomic E-state index is -1.43. The highest BCUT2D eigenvalue weighted by Crippen LogP contribution is 2.28. The van der Waals surface area contributed by atoms with Gasteiger partial charge in [-0.15, -0.1) is 0 Å². The maximum Gasteiger partial charge on any atom is 0.394 e. The van der Waals surface area contributed by atoms with Gasteiger partial charge in [-0.25, -0.2) is 9.78 Å². The van der Waals surface area contributed by atoms with Crippen LogP contribution in [0.1, 0.15) is 18.4 Å². The summed E-state index contributed by atoms with van der Waals surface area (Å²) >= 11 is 0. The first-order chi connectivity index (χ1) is 16.5. The lowest BCUT2D eigenvalue weighted by Crippen LogP contribution is -2.44. The second-order valence-electron chi connectivity index (χ2n) is 8.63. The van der Waals surface area contributed by atoms with E-state index < -0.39 is 11.9 Å². The molecule has 0 radical (unpaired) electrons. The molecule has 0 bridgehead atoms. The van der Waals surface area contributed by atoms with Crippen molar-refractivity contribution in [3.05, 3.63) is 35.9 Å². The molecule has 2 N–H and O–H groups in total. The number of hydrogen-bond acceptors (Lipinski definition) is 7. The van der Waals surface area contributed by atoms with E-state index in [0.717, 1.165) is 48.6 Å². The van der Waals surface area contributed by atoms with Crippen LogP contribution in [0.3, 0.4) is 0 Å². The van der Waals surface area contributed by atoms with Gasteiger partial charge in [0.25, 0.3) is 6.01 Å². The lowest BCUT2D eigenvalue weighted by molar-refractivity contribution is -0.156. The number of likely N-dealkylation sites (tertiary alicyclic amines) is 1. The number of nitrogens with zero attached hydrogens (tertiary/aromatic N) is 4. The number of carbonyl (C=O) groups is 2. The molecule has 2 aromatic heterocycles. The Kier molecular flexibility index (Phi) is 6.06. The minimum absolute atomic E-state index is 0.147. The van der Waals surface area contributed by atoms with Gasteiger partial charge in [-0.05, 0) is 30.7 Å². The van der Waals surface area contributed by atoms with Crippen molar-refractivity contribution >= 4 is 28.7 Å². The number of aryl methyl sites for hydroxylation is 1. The SMILES string of the molecule is Cc1cc2[nH]c(OC3CCN(C(=O)C(=O)O)CC3)nc2nc1-c1ccc(N2CCOCC2)cc1. The number of hydrogen-bond donors (Lipinski definition) is 2. The number of aromatic nitrogens is 3. The Labute approximate surface area is 196 Å². The van der Waals surface area contributed by atoms with Gasteiger partial charge in [-0.1, -0.05) is 12.1 Å². The average Bonchev–Trinajstić information content (AvgIpc) is 3.25. The molecule has 3 aromatic rings. The summed E-state index contributed by atoms with van der Waals surface area (Å²) in [4.78, 5) is 38.6. The van der Waals surface area contributed by atoms with E-state index in [9.17, 15) is 9.59 Å². The summed E-state index contributed by atoms with van der Waals surface area (Å²) in [5, 5.41) is 8.87. The number of ether oxygens (including phenoxy) is 2. The number of nitrogens with one attached hydrogen (secondary N) is 1. The smallest absolute Gasteiger partial charge is 0.394 e. The van der Waals surface area contributed by atoms with E-state index in [1.54, 1.807) is 0 Å². The molecule has 10 nitrogen and oxygen atoms in total. The molecule has 2 fully saturated rings. The van der Waals surface area contributed by atoms with Gasteiger partial charge < -0.3 is 29.4 Å². The molecular weight excluding hydrogens is 438 g/mol. The fourth-order valence-corrected chi connectivity index (χ4v) is 4.49. The summed E-state index contributed by atoms with van der Waals surface area (Å²) < 4.78 is 11.4. The molecule has 5 rings (SSSR count). The third-order valence-electron chi connectivity index (χ3n) is 6.35. The second kappa shape index (κ2) is 9.30. The molecule has 10 heteroatoms. The van der Waals surface area contributed by atoms with E-state index in [0.29, 0.717) is 37.6 Å². The van der Waals surface area contributed by atoms with Crippen LogP contribution >= 0.6 is 0 Å². The topological polar surface area (TPSA) is 121 Å². The zero-order valence-corrected chi connectivity index (χ0v) is 19.0. The van der Waals surface area contributed by atoms with Crippen molar-refractivity contribution < 1.29 is 24.2 Å². The van der Waals surface area contributed by atoms with Crippen LogP contribution in [0.4, 0.5) is 5.69 Å². The van der Waals surface area contributed by atoms with Crippen molar-refractivity contribution in [2.24, 2.45) is 0 Å². The molecule has 0 atom stereocenters. The zero-order valence-electron chi connectivity index (χ0n) is 19.0. The molecule has 4 heterocycles. The summed E-state index contributed by atoms with van der Waals surface area (Å²) in [5.41, 5.74) is 5.47. The third kappa shape index (κ3) is 4.54. The first kappa shape index (κ1) is 22.1. The number of rotatable bonds is 4. The maximum atomic E-state index is 11.6. The van der Waals surface area contributed by atoms with Crippen LogP contribution in [0, 0.1) is 6.92 Å². The van der Waals surface area contributed by atoms with Crippen molar-refractivity contribution in [1.82, 2.24) is 19.9 Å². The van der Waals surface area contributed by atoms with Crippen LogP contribution in [0.25, 0.3) is 22.4 Å². The van der Waals surface area contributed by atoms with E-state index >= 15 is 0 Å². The average molecular weight is 466 g/mol. The number of imidazole rings is 1. The fraction of sp³-hybridized carbons (Fsp3) is 0.417. The van der Waals surface area contributed by atoms with Crippen molar-refractivity contribution in [2.75, 3.05) is 44.3 Å². The van der Waals surface area contributed by atoms with Crippen molar-refractivity contribution in [3.63, 3.8) is 0 Å². The minimum Gasteiger partial charge on any atom is -0.474 e. The molecule has 178 valence electrons. The number of morpholine rings is 1. The van der Waals surface area contributed by atoms with Crippen molar-refractivity contribution in [1.29, 1.82) is 0 Å². The van der Waals surface area contributed by atoms with E-state index in [4.69, 9.17) is 19.6 Å². The Balaban J connectivity index is 1.28. The van der Waals surface area contributed by atoms with Gasteiger partial charge in [0.1, 0.15) is 6.10 Å². The van der Waals surface area contributed by atoms with Gasteiger partial charge in [-0.2, -0.15) is 4.98 Å². The number of aromatic amines is 1. The molecule has 1 aromatic carbocycles. The summed E-state index contributed by atoms with van der Waals surface area (Å²) in [5.74, 6) is -2.29. The lowest BCUT2D eigenvalue weighted by Gasteiger charge is -2.30. The molecule has 0 unspecified atom stereocenters. The van der Waals surface area contributed by atoms with Crippen LogP contribution in [-0.2, 0) is 14.3 Å². The lowest BCUT2D eigenvalue weighted by atomic mass is 10.1. The van der Waals surface area contributed by atoms with Crippen LogP contribution < -0.4 is 9.64 Å². The standard InChI is InChI=1S/C24H27N5O5/c1-15-14-19-21(26-20(15)16-2-4-17(5-3-16)28-10-12-33-13-11-28)27-24(25-19)34-18-6-8-29(9-7-18)22(30)23(31)32/h2-5,14,18H,6-13H2,1H3,(H,31,32)(H,25,26,27). The highest BCUT2D eigenvalue weighted by Gasteiger charge is 2.28. The fourth-order valence-electron chi connectivity index (χ4n) is 4.49. The Morgan fingerprint density at radius 3 is 2.47 bits per heavy atom. The highest BCUT2D eigenvalue weighted by atomic mass is 16.5. The summed E-state index contributed by atoms with van der Waals surface area (Å²) in [6.45, 7) is 6.01. The van der Waals surface area contributed by atoms with Crippen LogP contribution in [-0.4, -0.2) is 82.3 Å². The van der Waals surface area contributed by atoms with Gasteiger partial charge in [-0.3, -0.25) is 4.79 Å². The van der Waals surface area contributed by atoms with Crippen LogP contribution in [0.2, 0.25) is 0 Å². The number of benzene rings is 1. The van der Waals surface area contributed by atoms with Gasteiger partial charge in [0, 0.05) is 50.3 Å².